The largest absolute Gasteiger partial charge is 0.481 e. The summed E-state index contributed by atoms with van der Waals surface area (Å²) in [5.41, 5.74) is 2.26. The SMILES string of the molecule is COc1cc(C)nc(NCCC(C)c2ccccc2)n1. The Balaban J connectivity index is 1.88. The molecule has 0 spiro atoms. The number of nitrogens with one attached hydrogen (secondary N) is 1. The van der Waals surface area contributed by atoms with Crippen molar-refractivity contribution in [3.63, 3.8) is 0 Å². The van der Waals surface area contributed by atoms with Crippen LogP contribution in [0, 0.1) is 6.92 Å². The van der Waals surface area contributed by atoms with Gasteiger partial charge in [-0.3, -0.25) is 0 Å². The minimum atomic E-state index is 0.510. The van der Waals surface area contributed by atoms with Crippen molar-refractivity contribution in [3.05, 3.63) is 47.7 Å². The number of methoxy groups -OCH3 is 1. The molecule has 4 nitrogen and oxygen atoms in total. The number of aromatic nitrogens is 2. The van der Waals surface area contributed by atoms with Crippen molar-refractivity contribution in [2.45, 2.75) is 26.2 Å². The van der Waals surface area contributed by atoms with Crippen molar-refractivity contribution < 1.29 is 4.74 Å². The molecule has 0 aliphatic heterocycles. The van der Waals surface area contributed by atoms with Crippen LogP contribution in [-0.4, -0.2) is 23.6 Å². The molecule has 1 heterocycles. The zero-order valence-corrected chi connectivity index (χ0v) is 12.3. The fraction of sp³-hybridized carbons (Fsp3) is 0.375. The van der Waals surface area contributed by atoms with Gasteiger partial charge in [0.2, 0.25) is 11.8 Å². The molecule has 2 aromatic rings. The van der Waals surface area contributed by atoms with Crippen LogP contribution in [0.2, 0.25) is 0 Å². The van der Waals surface area contributed by atoms with Gasteiger partial charge in [-0.2, -0.15) is 4.98 Å². The Morgan fingerprint density at radius 3 is 2.65 bits per heavy atom. The number of aryl methyl sites for hydroxylation is 1. The first-order chi connectivity index (χ1) is 9.69. The Hall–Kier alpha value is -2.10. The molecule has 0 bridgehead atoms. The summed E-state index contributed by atoms with van der Waals surface area (Å²) in [4.78, 5) is 8.63. The highest BCUT2D eigenvalue weighted by atomic mass is 16.5. The molecule has 106 valence electrons. The number of hydrogen-bond donors (Lipinski definition) is 1. The molecule has 1 atom stereocenters. The number of benzene rings is 1. The van der Waals surface area contributed by atoms with Crippen molar-refractivity contribution in [1.82, 2.24) is 9.97 Å². The van der Waals surface area contributed by atoms with Crippen LogP contribution in [0.3, 0.4) is 0 Å². The van der Waals surface area contributed by atoms with Crippen LogP contribution in [0.1, 0.15) is 30.5 Å². The van der Waals surface area contributed by atoms with Crippen LogP contribution in [0.4, 0.5) is 5.95 Å². The standard InChI is InChI=1S/C16H21N3O/c1-12(14-7-5-4-6-8-14)9-10-17-16-18-13(2)11-15(19-16)20-3/h4-8,11-12H,9-10H2,1-3H3,(H,17,18,19). The Morgan fingerprint density at radius 2 is 1.95 bits per heavy atom. The molecule has 4 heteroatoms. The Bertz CT molecular complexity index is 543. The molecule has 1 N–H and O–H groups in total. The molecule has 0 saturated heterocycles. The van der Waals surface area contributed by atoms with Gasteiger partial charge in [0.15, 0.2) is 0 Å². The summed E-state index contributed by atoms with van der Waals surface area (Å²) >= 11 is 0. The minimum Gasteiger partial charge on any atom is -0.481 e. The number of nitrogens with zero attached hydrogens (tertiary/aromatic N) is 2. The number of ether oxygens (including phenoxy) is 1. The lowest BCUT2D eigenvalue weighted by molar-refractivity contribution is 0.397. The Morgan fingerprint density at radius 1 is 1.20 bits per heavy atom. The summed E-state index contributed by atoms with van der Waals surface area (Å²) < 4.78 is 5.14. The van der Waals surface area contributed by atoms with E-state index in [0.29, 0.717) is 17.7 Å². The maximum atomic E-state index is 5.14. The van der Waals surface area contributed by atoms with E-state index in [0.717, 1.165) is 18.7 Å². The molecule has 1 unspecified atom stereocenters. The predicted octanol–water partition coefficient (Wildman–Crippen LogP) is 3.40. The second-order valence-corrected chi connectivity index (χ2v) is 4.90. The van der Waals surface area contributed by atoms with Gasteiger partial charge in [-0.05, 0) is 24.8 Å². The quantitative estimate of drug-likeness (QED) is 0.874. The molecule has 0 aliphatic carbocycles. The van der Waals surface area contributed by atoms with E-state index in [1.807, 2.05) is 19.1 Å². The average molecular weight is 271 g/mol. The summed E-state index contributed by atoms with van der Waals surface area (Å²) in [5.74, 6) is 1.73. The average Bonchev–Trinajstić information content (AvgIpc) is 2.47. The number of rotatable bonds is 6. The third-order valence-corrected chi connectivity index (χ3v) is 3.27. The van der Waals surface area contributed by atoms with Gasteiger partial charge in [-0.15, -0.1) is 0 Å². The zero-order chi connectivity index (χ0) is 14.4. The third-order valence-electron chi connectivity index (χ3n) is 3.27. The highest BCUT2D eigenvalue weighted by Crippen LogP contribution is 2.18. The Labute approximate surface area is 120 Å². The maximum Gasteiger partial charge on any atom is 0.226 e. The molecule has 2 rings (SSSR count). The van der Waals surface area contributed by atoms with Crippen LogP contribution in [0.15, 0.2) is 36.4 Å². The van der Waals surface area contributed by atoms with Gasteiger partial charge in [-0.1, -0.05) is 37.3 Å². The zero-order valence-electron chi connectivity index (χ0n) is 12.3. The highest BCUT2D eigenvalue weighted by molar-refractivity contribution is 5.30. The van der Waals surface area contributed by atoms with Crippen molar-refractivity contribution in [2.75, 3.05) is 19.0 Å². The van der Waals surface area contributed by atoms with Gasteiger partial charge < -0.3 is 10.1 Å². The maximum absolute atomic E-state index is 5.14. The summed E-state index contributed by atoms with van der Waals surface area (Å²) in [5, 5.41) is 3.26. The van der Waals surface area contributed by atoms with Gasteiger partial charge in [0.25, 0.3) is 0 Å². The first-order valence-electron chi connectivity index (χ1n) is 6.87. The lowest BCUT2D eigenvalue weighted by Gasteiger charge is -2.12. The van der Waals surface area contributed by atoms with Gasteiger partial charge in [0.05, 0.1) is 7.11 Å². The van der Waals surface area contributed by atoms with Crippen LogP contribution >= 0.6 is 0 Å². The number of anilines is 1. The molecule has 0 aliphatic rings. The van der Waals surface area contributed by atoms with Crippen LogP contribution < -0.4 is 10.1 Å². The molecule has 0 radical (unpaired) electrons. The summed E-state index contributed by atoms with van der Waals surface area (Å²) in [6.45, 7) is 5.00. The van der Waals surface area contributed by atoms with Gasteiger partial charge in [-0.25, -0.2) is 4.98 Å². The lowest BCUT2D eigenvalue weighted by Crippen LogP contribution is -2.09. The molecule has 1 aromatic carbocycles. The van der Waals surface area contributed by atoms with Crippen molar-refractivity contribution >= 4 is 5.95 Å². The monoisotopic (exact) mass is 271 g/mol. The van der Waals surface area contributed by atoms with Crippen LogP contribution in [0.25, 0.3) is 0 Å². The van der Waals surface area contributed by atoms with Crippen LogP contribution in [-0.2, 0) is 0 Å². The molecule has 20 heavy (non-hydrogen) atoms. The molecule has 0 fully saturated rings. The van der Waals surface area contributed by atoms with E-state index in [1.54, 1.807) is 7.11 Å². The molecule has 0 saturated carbocycles. The Kier molecular flexibility index (Phi) is 4.93. The van der Waals surface area contributed by atoms with E-state index in [2.05, 4.69) is 46.5 Å². The normalized spacial score (nSPS) is 11.9. The summed E-state index contributed by atoms with van der Waals surface area (Å²) in [7, 11) is 1.61. The van der Waals surface area contributed by atoms with Crippen molar-refractivity contribution in [1.29, 1.82) is 0 Å². The topological polar surface area (TPSA) is 47.0 Å². The third kappa shape index (κ3) is 3.95. The van der Waals surface area contributed by atoms with Crippen LogP contribution in [0.5, 0.6) is 5.88 Å². The smallest absolute Gasteiger partial charge is 0.226 e. The summed E-state index contributed by atoms with van der Waals surface area (Å²) in [6, 6.07) is 12.3. The van der Waals surface area contributed by atoms with E-state index in [-0.39, 0.29) is 0 Å². The van der Waals surface area contributed by atoms with Crippen molar-refractivity contribution in [2.24, 2.45) is 0 Å². The first-order valence-corrected chi connectivity index (χ1v) is 6.87. The van der Waals surface area contributed by atoms with Gasteiger partial charge in [0, 0.05) is 18.3 Å². The molecular formula is C16H21N3O. The van der Waals surface area contributed by atoms with E-state index in [9.17, 15) is 0 Å². The summed E-state index contributed by atoms with van der Waals surface area (Å²) in [6.07, 6.45) is 1.03. The van der Waals surface area contributed by atoms with Gasteiger partial charge >= 0.3 is 0 Å². The van der Waals surface area contributed by atoms with E-state index in [4.69, 9.17) is 4.74 Å². The van der Waals surface area contributed by atoms with E-state index in [1.165, 1.54) is 5.56 Å². The fourth-order valence-corrected chi connectivity index (χ4v) is 2.07. The number of hydrogen-bond acceptors (Lipinski definition) is 4. The van der Waals surface area contributed by atoms with Crippen molar-refractivity contribution in [3.8, 4) is 5.88 Å². The lowest BCUT2D eigenvalue weighted by atomic mass is 9.98. The van der Waals surface area contributed by atoms with Gasteiger partial charge in [0.1, 0.15) is 0 Å². The highest BCUT2D eigenvalue weighted by Gasteiger charge is 2.06. The second-order valence-electron chi connectivity index (χ2n) is 4.90. The first kappa shape index (κ1) is 14.3. The molecule has 1 aromatic heterocycles. The van der Waals surface area contributed by atoms with E-state index >= 15 is 0 Å². The fourth-order valence-electron chi connectivity index (χ4n) is 2.07. The molecular weight excluding hydrogens is 250 g/mol. The minimum absolute atomic E-state index is 0.510. The predicted molar refractivity (Wildman–Crippen MR) is 81.3 cm³/mol. The van der Waals surface area contributed by atoms with E-state index < -0.39 is 0 Å². The second kappa shape index (κ2) is 6.89. The molecule has 0 amide bonds.